The third-order valence-electron chi connectivity index (χ3n) is 1.64. The van der Waals surface area contributed by atoms with Crippen LogP contribution in [0.3, 0.4) is 0 Å². The summed E-state index contributed by atoms with van der Waals surface area (Å²) in [6.07, 6.45) is 4.44. The van der Waals surface area contributed by atoms with Gasteiger partial charge in [0.05, 0.1) is 12.8 Å². The van der Waals surface area contributed by atoms with E-state index in [0.29, 0.717) is 0 Å². The number of carbonyl (C=O) groups is 1. The number of aromatic nitrogens is 2. The van der Waals surface area contributed by atoms with Crippen LogP contribution in [0.25, 0.3) is 6.08 Å². The van der Waals surface area contributed by atoms with Gasteiger partial charge >= 0.3 is 5.97 Å². The van der Waals surface area contributed by atoms with E-state index in [4.69, 9.17) is 5.73 Å². The highest BCUT2D eigenvalue weighted by Gasteiger charge is 1.98. The number of ether oxygens (including phenoxy) is 1. The molecule has 0 fully saturated rings. The van der Waals surface area contributed by atoms with Gasteiger partial charge in [0.1, 0.15) is 0 Å². The lowest BCUT2D eigenvalue weighted by molar-refractivity contribution is -0.134. The first-order chi connectivity index (χ1) is 6.63. The van der Waals surface area contributed by atoms with Crippen LogP contribution in [0, 0.1) is 6.92 Å². The zero-order chi connectivity index (χ0) is 10.6. The first-order valence-electron chi connectivity index (χ1n) is 3.98. The summed E-state index contributed by atoms with van der Waals surface area (Å²) in [5.41, 5.74) is 6.83. The number of hydrogen-bond donors (Lipinski definition) is 1. The maximum absolute atomic E-state index is 10.8. The minimum absolute atomic E-state index is 0.220. The van der Waals surface area contributed by atoms with Gasteiger partial charge in [0.25, 0.3) is 0 Å². The molecule has 1 aromatic heterocycles. The molecule has 1 aromatic rings. The number of aryl methyl sites for hydroxylation is 1. The Labute approximate surface area is 81.6 Å². The highest BCUT2D eigenvalue weighted by Crippen LogP contribution is 2.06. The molecule has 0 atom stereocenters. The van der Waals surface area contributed by atoms with Crippen molar-refractivity contribution in [1.82, 2.24) is 9.97 Å². The Bertz CT molecular complexity index is 374. The number of nitrogens with two attached hydrogens (primary N) is 1. The molecule has 0 unspecified atom stereocenters. The lowest BCUT2D eigenvalue weighted by Gasteiger charge is -1.98. The van der Waals surface area contributed by atoms with Gasteiger partial charge in [-0.25, -0.2) is 14.8 Å². The second-order valence-corrected chi connectivity index (χ2v) is 2.63. The second-order valence-electron chi connectivity index (χ2n) is 2.63. The normalized spacial score (nSPS) is 10.4. The molecule has 0 bridgehead atoms. The summed E-state index contributed by atoms with van der Waals surface area (Å²) in [4.78, 5) is 18.5. The van der Waals surface area contributed by atoms with E-state index in [-0.39, 0.29) is 5.95 Å². The van der Waals surface area contributed by atoms with Crippen molar-refractivity contribution < 1.29 is 9.53 Å². The Morgan fingerprint density at radius 2 is 2.36 bits per heavy atom. The van der Waals surface area contributed by atoms with Gasteiger partial charge < -0.3 is 10.5 Å². The number of carbonyl (C=O) groups excluding carboxylic acids is 1. The summed E-state index contributed by atoms with van der Waals surface area (Å²) in [6, 6.07) is 0. The van der Waals surface area contributed by atoms with Crippen molar-refractivity contribution in [3.8, 4) is 0 Å². The average Bonchev–Trinajstić information content (AvgIpc) is 2.16. The molecule has 0 spiro atoms. The van der Waals surface area contributed by atoms with Crippen LogP contribution in [-0.4, -0.2) is 23.0 Å². The summed E-state index contributed by atoms with van der Waals surface area (Å²) in [5.74, 6) is -0.195. The zero-order valence-corrected chi connectivity index (χ0v) is 8.02. The molecule has 0 saturated heterocycles. The van der Waals surface area contributed by atoms with E-state index in [2.05, 4.69) is 14.7 Å². The summed E-state index contributed by atoms with van der Waals surface area (Å²) >= 11 is 0. The predicted octanol–water partition coefficient (Wildman–Crippen LogP) is 0.553. The third kappa shape index (κ3) is 2.55. The van der Waals surface area contributed by atoms with Crippen LogP contribution in [0.1, 0.15) is 11.3 Å². The molecule has 14 heavy (non-hydrogen) atoms. The van der Waals surface area contributed by atoms with Crippen molar-refractivity contribution in [3.63, 3.8) is 0 Å². The van der Waals surface area contributed by atoms with Crippen molar-refractivity contribution in [2.75, 3.05) is 12.8 Å². The highest BCUT2D eigenvalue weighted by atomic mass is 16.5. The lowest BCUT2D eigenvalue weighted by atomic mass is 10.2. The van der Waals surface area contributed by atoms with E-state index < -0.39 is 5.97 Å². The maximum atomic E-state index is 10.8. The summed E-state index contributed by atoms with van der Waals surface area (Å²) in [5, 5.41) is 0. The largest absolute Gasteiger partial charge is 0.466 e. The Morgan fingerprint density at radius 3 is 2.93 bits per heavy atom. The highest BCUT2D eigenvalue weighted by molar-refractivity contribution is 5.87. The molecule has 0 aliphatic heterocycles. The summed E-state index contributed by atoms with van der Waals surface area (Å²) < 4.78 is 4.44. The van der Waals surface area contributed by atoms with Crippen molar-refractivity contribution >= 4 is 18.0 Å². The van der Waals surface area contributed by atoms with Gasteiger partial charge in [-0.15, -0.1) is 0 Å². The molecule has 1 heterocycles. The fraction of sp³-hybridized carbons (Fsp3) is 0.222. The van der Waals surface area contributed by atoms with Gasteiger partial charge in [-0.2, -0.15) is 0 Å². The predicted molar refractivity (Wildman–Crippen MR) is 52.2 cm³/mol. The van der Waals surface area contributed by atoms with Gasteiger partial charge in [0.15, 0.2) is 0 Å². The van der Waals surface area contributed by atoms with Gasteiger partial charge in [-0.05, 0) is 13.0 Å². The monoisotopic (exact) mass is 193 g/mol. The molecule has 0 amide bonds. The van der Waals surface area contributed by atoms with E-state index in [1.807, 2.05) is 0 Å². The van der Waals surface area contributed by atoms with Crippen molar-refractivity contribution in [2.24, 2.45) is 0 Å². The molecule has 1 rings (SSSR count). The van der Waals surface area contributed by atoms with Crippen LogP contribution < -0.4 is 5.73 Å². The quantitative estimate of drug-likeness (QED) is 0.548. The smallest absolute Gasteiger partial charge is 0.330 e. The van der Waals surface area contributed by atoms with Crippen LogP contribution in [0.4, 0.5) is 5.95 Å². The topological polar surface area (TPSA) is 78.1 Å². The van der Waals surface area contributed by atoms with Crippen molar-refractivity contribution in [3.05, 3.63) is 23.5 Å². The number of anilines is 1. The number of nitrogens with zero attached hydrogens (tertiary/aromatic N) is 2. The molecular weight excluding hydrogens is 182 g/mol. The molecule has 2 N–H and O–H groups in total. The van der Waals surface area contributed by atoms with Crippen molar-refractivity contribution in [1.29, 1.82) is 0 Å². The van der Waals surface area contributed by atoms with Crippen LogP contribution in [0.15, 0.2) is 12.3 Å². The zero-order valence-electron chi connectivity index (χ0n) is 8.02. The Morgan fingerprint density at radius 1 is 1.64 bits per heavy atom. The molecule has 0 radical (unpaired) electrons. The summed E-state index contributed by atoms with van der Waals surface area (Å²) in [6.45, 7) is 1.79. The first-order valence-corrected chi connectivity index (χ1v) is 3.98. The van der Waals surface area contributed by atoms with Crippen LogP contribution >= 0.6 is 0 Å². The first kappa shape index (κ1) is 10.2. The molecule has 0 aromatic carbocycles. The molecule has 0 aliphatic rings. The third-order valence-corrected chi connectivity index (χ3v) is 1.64. The molecule has 0 aliphatic carbocycles. The van der Waals surface area contributed by atoms with Crippen LogP contribution in [0.5, 0.6) is 0 Å². The fourth-order valence-corrected chi connectivity index (χ4v) is 0.884. The Hall–Kier alpha value is -1.91. The van der Waals surface area contributed by atoms with E-state index >= 15 is 0 Å². The Kier molecular flexibility index (Phi) is 3.17. The SMILES string of the molecule is COC(=O)C=Cc1cnc(N)nc1C. The van der Waals surface area contributed by atoms with Crippen molar-refractivity contribution in [2.45, 2.75) is 6.92 Å². The minimum Gasteiger partial charge on any atom is -0.466 e. The van der Waals surface area contributed by atoms with E-state index in [1.54, 1.807) is 19.2 Å². The number of nitrogen functional groups attached to an aromatic ring is 1. The maximum Gasteiger partial charge on any atom is 0.330 e. The average molecular weight is 193 g/mol. The Balaban J connectivity index is 2.87. The molecular formula is C9H11N3O2. The minimum atomic E-state index is -0.416. The number of methoxy groups -OCH3 is 1. The van der Waals surface area contributed by atoms with Gasteiger partial charge in [-0.1, -0.05) is 0 Å². The van der Waals surface area contributed by atoms with Gasteiger partial charge in [0, 0.05) is 17.8 Å². The molecule has 0 saturated carbocycles. The number of hydrogen-bond acceptors (Lipinski definition) is 5. The molecule has 5 heteroatoms. The second kappa shape index (κ2) is 4.36. The van der Waals surface area contributed by atoms with E-state index in [0.717, 1.165) is 11.3 Å². The number of esters is 1. The van der Waals surface area contributed by atoms with Crippen LogP contribution in [-0.2, 0) is 9.53 Å². The molecule has 74 valence electrons. The molecule has 5 nitrogen and oxygen atoms in total. The lowest BCUT2D eigenvalue weighted by Crippen LogP contribution is -1.98. The standard InChI is InChI=1S/C9H11N3O2/c1-6-7(3-4-8(13)14-2)5-11-9(10)12-6/h3-5H,1-2H3,(H2,10,11,12). The summed E-state index contributed by atoms with van der Waals surface area (Å²) in [7, 11) is 1.32. The van der Waals surface area contributed by atoms with E-state index in [9.17, 15) is 4.79 Å². The van der Waals surface area contributed by atoms with Crippen LogP contribution in [0.2, 0.25) is 0 Å². The fourth-order valence-electron chi connectivity index (χ4n) is 0.884. The number of rotatable bonds is 2. The van der Waals surface area contributed by atoms with Gasteiger partial charge in [-0.3, -0.25) is 0 Å². The van der Waals surface area contributed by atoms with Gasteiger partial charge in [0.2, 0.25) is 5.95 Å². The van der Waals surface area contributed by atoms with E-state index in [1.165, 1.54) is 13.2 Å².